The van der Waals surface area contributed by atoms with Crippen molar-refractivity contribution in [3.05, 3.63) is 188 Å². The molecule has 0 fully saturated rings. The van der Waals surface area contributed by atoms with Gasteiger partial charge in [-0.25, -0.2) is 0 Å². The van der Waals surface area contributed by atoms with Gasteiger partial charge < -0.3 is 15.0 Å². The molecule has 10 aromatic rings. The van der Waals surface area contributed by atoms with E-state index in [-0.39, 0.29) is 0 Å². The molecule has 0 aliphatic heterocycles. The SMILES string of the molecule is C=Cc1ccccc1.c1ccc2c(c1)[nH]c1ccccc12.c1ccc2c(c1)[nH]c1ccccc12.c1ccc2c(c1)[nH]c1ccccc12. The van der Waals surface area contributed by atoms with E-state index in [1.807, 2.05) is 36.4 Å². The van der Waals surface area contributed by atoms with Gasteiger partial charge in [0, 0.05) is 65.4 Å². The van der Waals surface area contributed by atoms with E-state index < -0.39 is 0 Å². The number of benzene rings is 7. The van der Waals surface area contributed by atoms with E-state index >= 15 is 0 Å². The molecule has 0 radical (unpaired) electrons. The van der Waals surface area contributed by atoms with Crippen molar-refractivity contribution in [2.75, 3.05) is 0 Å². The summed E-state index contributed by atoms with van der Waals surface area (Å²) in [5, 5.41) is 7.82. The first-order valence-corrected chi connectivity index (χ1v) is 15.8. The number of nitrogens with one attached hydrogen (secondary N) is 3. The predicted molar refractivity (Wildman–Crippen MR) is 204 cm³/mol. The molecule has 0 bridgehead atoms. The molecule has 47 heavy (non-hydrogen) atoms. The highest BCUT2D eigenvalue weighted by Gasteiger charge is 2.02. The van der Waals surface area contributed by atoms with Crippen LogP contribution in [-0.2, 0) is 0 Å². The first-order valence-electron chi connectivity index (χ1n) is 15.8. The minimum absolute atomic E-state index is 1.17. The molecule has 0 aliphatic carbocycles. The Morgan fingerprint density at radius 2 is 0.489 bits per heavy atom. The van der Waals surface area contributed by atoms with Crippen LogP contribution < -0.4 is 0 Å². The van der Waals surface area contributed by atoms with E-state index in [0.717, 1.165) is 0 Å². The molecule has 7 aromatic carbocycles. The second kappa shape index (κ2) is 13.8. The Balaban J connectivity index is 0.000000101. The van der Waals surface area contributed by atoms with Crippen LogP contribution in [0.5, 0.6) is 0 Å². The molecule has 3 heteroatoms. The average Bonchev–Trinajstić information content (AvgIpc) is 3.84. The predicted octanol–water partition coefficient (Wildman–Crippen LogP) is 12.3. The summed E-state index contributed by atoms with van der Waals surface area (Å²) in [7, 11) is 0. The Morgan fingerprint density at radius 1 is 0.277 bits per heavy atom. The van der Waals surface area contributed by atoms with Crippen molar-refractivity contribution in [1.82, 2.24) is 15.0 Å². The van der Waals surface area contributed by atoms with Gasteiger partial charge in [0.1, 0.15) is 0 Å². The Kier molecular flexibility index (Phi) is 8.61. The standard InChI is InChI=1S/3C12H9N.C8H8/c3*1-3-7-11-9(5-1)10-6-2-4-8-12(10)13-11;1-2-8-6-4-3-5-7-8/h3*1-8,13H;2-7H,1H2. The van der Waals surface area contributed by atoms with E-state index in [9.17, 15) is 0 Å². The second-order valence-electron chi connectivity index (χ2n) is 11.3. The highest BCUT2D eigenvalue weighted by Crippen LogP contribution is 2.26. The lowest BCUT2D eigenvalue weighted by atomic mass is 10.2. The van der Waals surface area contributed by atoms with E-state index in [0.29, 0.717) is 0 Å². The zero-order chi connectivity index (χ0) is 31.8. The third-order valence-corrected chi connectivity index (χ3v) is 8.28. The van der Waals surface area contributed by atoms with E-state index in [2.05, 4.69) is 167 Å². The van der Waals surface area contributed by atoms with Gasteiger partial charge in [-0.15, -0.1) is 0 Å². The number of para-hydroxylation sites is 6. The summed E-state index contributed by atoms with van der Waals surface area (Å²) in [4.78, 5) is 10.1. The van der Waals surface area contributed by atoms with Crippen LogP contribution in [0.4, 0.5) is 0 Å². The lowest BCUT2D eigenvalue weighted by molar-refractivity contribution is 1.55. The molecule has 0 atom stereocenters. The number of aromatic nitrogens is 3. The Labute approximate surface area is 273 Å². The topological polar surface area (TPSA) is 47.4 Å². The Morgan fingerprint density at radius 3 is 0.702 bits per heavy atom. The van der Waals surface area contributed by atoms with Crippen molar-refractivity contribution in [2.45, 2.75) is 0 Å². The minimum atomic E-state index is 1.17. The smallest absolute Gasteiger partial charge is 0.0464 e. The van der Waals surface area contributed by atoms with Gasteiger partial charge in [-0.3, -0.25) is 0 Å². The van der Waals surface area contributed by atoms with E-state index in [1.54, 1.807) is 0 Å². The summed E-state index contributed by atoms with van der Waals surface area (Å²) in [6.45, 7) is 3.63. The van der Waals surface area contributed by atoms with Crippen LogP contribution >= 0.6 is 0 Å². The fourth-order valence-electron chi connectivity index (χ4n) is 5.99. The van der Waals surface area contributed by atoms with Crippen LogP contribution in [0.15, 0.2) is 183 Å². The maximum Gasteiger partial charge on any atom is 0.0464 e. The molecule has 3 N–H and O–H groups in total. The van der Waals surface area contributed by atoms with Gasteiger partial charge in [0.2, 0.25) is 0 Å². The van der Waals surface area contributed by atoms with Crippen LogP contribution in [0.25, 0.3) is 71.5 Å². The van der Waals surface area contributed by atoms with Crippen molar-refractivity contribution >= 4 is 71.5 Å². The summed E-state index contributed by atoms with van der Waals surface area (Å²) < 4.78 is 0. The quantitative estimate of drug-likeness (QED) is 0.167. The first kappa shape index (κ1) is 29.4. The Bertz CT molecular complexity index is 2150. The van der Waals surface area contributed by atoms with Crippen molar-refractivity contribution in [1.29, 1.82) is 0 Å². The molecule has 0 aliphatic rings. The van der Waals surface area contributed by atoms with Crippen LogP contribution in [-0.4, -0.2) is 15.0 Å². The molecule has 226 valence electrons. The van der Waals surface area contributed by atoms with Crippen LogP contribution in [0.1, 0.15) is 5.56 Å². The number of hydrogen-bond donors (Lipinski definition) is 3. The van der Waals surface area contributed by atoms with Gasteiger partial charge in [0.05, 0.1) is 0 Å². The maximum atomic E-state index is 3.63. The summed E-state index contributed by atoms with van der Waals surface area (Å²) >= 11 is 0. The number of aromatic amines is 3. The van der Waals surface area contributed by atoms with Crippen molar-refractivity contribution in [2.24, 2.45) is 0 Å². The van der Waals surface area contributed by atoms with Crippen molar-refractivity contribution < 1.29 is 0 Å². The van der Waals surface area contributed by atoms with E-state index in [1.165, 1.54) is 71.0 Å². The maximum absolute atomic E-state index is 3.63. The summed E-state index contributed by atoms with van der Waals surface area (Å²) in [6.07, 6.45) is 1.83. The lowest BCUT2D eigenvalue weighted by Gasteiger charge is -1.87. The Hall–Kier alpha value is -6.32. The lowest BCUT2D eigenvalue weighted by Crippen LogP contribution is -1.63. The van der Waals surface area contributed by atoms with Gasteiger partial charge in [0.25, 0.3) is 0 Å². The molecule has 3 aromatic heterocycles. The van der Waals surface area contributed by atoms with Gasteiger partial charge in [-0.1, -0.05) is 152 Å². The highest BCUT2D eigenvalue weighted by molar-refractivity contribution is 6.08. The zero-order valence-electron chi connectivity index (χ0n) is 26.0. The molecular weight excluding hydrogens is 571 g/mol. The molecule has 0 amide bonds. The van der Waals surface area contributed by atoms with Gasteiger partial charge in [-0.05, 0) is 42.0 Å². The fourth-order valence-corrected chi connectivity index (χ4v) is 5.99. The largest absolute Gasteiger partial charge is 0.355 e. The molecule has 3 heterocycles. The molecule has 0 saturated carbocycles. The third-order valence-electron chi connectivity index (χ3n) is 8.28. The number of rotatable bonds is 1. The molecule has 10 rings (SSSR count). The van der Waals surface area contributed by atoms with Gasteiger partial charge in [0.15, 0.2) is 0 Å². The molecule has 3 nitrogen and oxygen atoms in total. The van der Waals surface area contributed by atoms with Crippen molar-refractivity contribution in [3.63, 3.8) is 0 Å². The van der Waals surface area contributed by atoms with Gasteiger partial charge in [-0.2, -0.15) is 0 Å². The zero-order valence-corrected chi connectivity index (χ0v) is 26.0. The monoisotopic (exact) mass is 605 g/mol. The molecule has 0 spiro atoms. The van der Waals surface area contributed by atoms with Crippen LogP contribution in [0.2, 0.25) is 0 Å². The third kappa shape index (κ3) is 6.42. The van der Waals surface area contributed by atoms with Crippen LogP contribution in [0.3, 0.4) is 0 Å². The average molecular weight is 606 g/mol. The highest BCUT2D eigenvalue weighted by atomic mass is 14.7. The second-order valence-corrected chi connectivity index (χ2v) is 11.3. The fraction of sp³-hybridized carbons (Fsp3) is 0. The van der Waals surface area contributed by atoms with Gasteiger partial charge >= 0.3 is 0 Å². The normalized spacial score (nSPS) is 10.6. The number of hydrogen-bond acceptors (Lipinski definition) is 0. The summed E-state index contributed by atoms with van der Waals surface area (Å²) in [6, 6.07) is 60.3. The number of H-pyrrole nitrogens is 3. The number of fused-ring (bicyclic) bond motifs is 9. The summed E-state index contributed by atoms with van der Waals surface area (Å²) in [5.41, 5.74) is 8.44. The van der Waals surface area contributed by atoms with Crippen molar-refractivity contribution in [3.8, 4) is 0 Å². The molecule has 0 saturated heterocycles. The first-order chi connectivity index (χ1) is 23.3. The minimum Gasteiger partial charge on any atom is -0.355 e. The molecular formula is C44H35N3. The van der Waals surface area contributed by atoms with Crippen LogP contribution in [0, 0.1) is 0 Å². The van der Waals surface area contributed by atoms with E-state index in [4.69, 9.17) is 0 Å². The summed E-state index contributed by atoms with van der Waals surface area (Å²) in [5.74, 6) is 0. The molecule has 0 unspecified atom stereocenters.